The third-order valence-corrected chi connectivity index (χ3v) is 2.84. The summed E-state index contributed by atoms with van der Waals surface area (Å²) in [5, 5.41) is 12.7. The van der Waals surface area contributed by atoms with Crippen molar-refractivity contribution in [1.82, 2.24) is 10.2 Å². The smallest absolute Gasteiger partial charge is 0.0950 e. The second kappa shape index (κ2) is 4.06. The first-order valence-electron chi connectivity index (χ1n) is 5.48. The van der Waals surface area contributed by atoms with Gasteiger partial charge in [-0.25, -0.2) is 0 Å². The molecule has 1 aliphatic rings. The van der Waals surface area contributed by atoms with Crippen molar-refractivity contribution in [1.29, 1.82) is 0 Å². The topological polar surface area (TPSA) is 47.0 Å². The third kappa shape index (κ3) is 1.72. The van der Waals surface area contributed by atoms with Crippen molar-refractivity contribution in [3.63, 3.8) is 0 Å². The molecule has 1 atom stereocenters. The molecule has 1 aromatic carbocycles. The number of aromatic nitrogens is 2. The van der Waals surface area contributed by atoms with E-state index in [0.29, 0.717) is 6.04 Å². The molecule has 3 rings (SSSR count). The van der Waals surface area contributed by atoms with Crippen LogP contribution < -0.4 is 5.32 Å². The molecule has 1 aromatic heterocycles. The summed E-state index contributed by atoms with van der Waals surface area (Å²) in [7, 11) is 0. The second-order valence-corrected chi connectivity index (χ2v) is 3.98. The number of fused-ring (bicyclic) bond motifs is 1. The highest BCUT2D eigenvalue weighted by Crippen LogP contribution is 2.22. The lowest BCUT2D eigenvalue weighted by molar-refractivity contribution is 0.195. The van der Waals surface area contributed by atoms with Crippen LogP contribution in [0.4, 0.5) is 5.69 Å². The summed E-state index contributed by atoms with van der Waals surface area (Å²) >= 11 is 0. The minimum atomic E-state index is 0.396. The lowest BCUT2D eigenvalue weighted by Gasteiger charge is -2.13. The lowest BCUT2D eigenvalue weighted by atomic mass is 10.2. The van der Waals surface area contributed by atoms with Gasteiger partial charge < -0.3 is 10.1 Å². The van der Waals surface area contributed by atoms with Gasteiger partial charge in [0.15, 0.2) is 0 Å². The van der Waals surface area contributed by atoms with Crippen molar-refractivity contribution in [2.75, 3.05) is 18.5 Å². The Hall–Kier alpha value is -1.68. The first-order valence-corrected chi connectivity index (χ1v) is 5.48. The van der Waals surface area contributed by atoms with Crippen molar-refractivity contribution < 1.29 is 4.74 Å². The molecule has 0 bridgehead atoms. The van der Waals surface area contributed by atoms with Crippen LogP contribution in [0.25, 0.3) is 10.9 Å². The minimum Gasteiger partial charge on any atom is -0.379 e. The maximum absolute atomic E-state index is 5.34. The van der Waals surface area contributed by atoms with E-state index >= 15 is 0 Å². The van der Waals surface area contributed by atoms with Gasteiger partial charge in [-0.1, -0.05) is 18.2 Å². The molecule has 4 nitrogen and oxygen atoms in total. The second-order valence-electron chi connectivity index (χ2n) is 3.98. The molecule has 16 heavy (non-hydrogen) atoms. The summed E-state index contributed by atoms with van der Waals surface area (Å²) < 4.78 is 5.34. The maximum Gasteiger partial charge on any atom is 0.0950 e. The Bertz CT molecular complexity index is 489. The first-order chi connectivity index (χ1) is 7.93. The Morgan fingerprint density at radius 3 is 3.12 bits per heavy atom. The molecule has 0 spiro atoms. The highest BCUT2D eigenvalue weighted by molar-refractivity contribution is 5.90. The van der Waals surface area contributed by atoms with Gasteiger partial charge in [0, 0.05) is 12.0 Å². The zero-order chi connectivity index (χ0) is 10.8. The number of hydrogen-bond acceptors (Lipinski definition) is 4. The molecule has 0 amide bonds. The van der Waals surface area contributed by atoms with E-state index in [1.165, 1.54) is 0 Å². The van der Waals surface area contributed by atoms with Crippen LogP contribution in [0.3, 0.4) is 0 Å². The zero-order valence-corrected chi connectivity index (χ0v) is 8.89. The fourth-order valence-electron chi connectivity index (χ4n) is 1.99. The van der Waals surface area contributed by atoms with Crippen molar-refractivity contribution in [3.8, 4) is 0 Å². The Kier molecular flexibility index (Phi) is 2.42. The number of rotatable bonds is 2. The zero-order valence-electron chi connectivity index (χ0n) is 8.89. The molecule has 0 saturated carbocycles. The standard InChI is InChI=1S/C12H13N3O/c1-2-4-11-10(3-1)12(7-13-15-11)14-9-5-6-16-8-9/h1-4,7,9H,5-6,8H2,(H,14,15). The van der Waals surface area contributed by atoms with E-state index in [-0.39, 0.29) is 0 Å². The Morgan fingerprint density at radius 1 is 1.31 bits per heavy atom. The van der Waals surface area contributed by atoms with Crippen molar-refractivity contribution >= 4 is 16.6 Å². The number of hydrogen-bond donors (Lipinski definition) is 1. The highest BCUT2D eigenvalue weighted by Gasteiger charge is 2.16. The van der Waals surface area contributed by atoms with Crippen molar-refractivity contribution in [2.45, 2.75) is 12.5 Å². The molecule has 4 heteroatoms. The molecular weight excluding hydrogens is 202 g/mol. The van der Waals surface area contributed by atoms with Gasteiger partial charge in [0.05, 0.1) is 30.0 Å². The van der Waals surface area contributed by atoms with Gasteiger partial charge >= 0.3 is 0 Å². The number of nitrogens with one attached hydrogen (secondary N) is 1. The van der Waals surface area contributed by atoms with Crippen LogP contribution in [0.5, 0.6) is 0 Å². The molecule has 82 valence electrons. The summed E-state index contributed by atoms with van der Waals surface area (Å²) in [6, 6.07) is 8.41. The predicted octanol–water partition coefficient (Wildman–Crippen LogP) is 1.83. The van der Waals surface area contributed by atoms with Crippen LogP contribution in [-0.2, 0) is 4.74 Å². The van der Waals surface area contributed by atoms with Crippen LogP contribution in [0, 0.1) is 0 Å². The summed E-state index contributed by atoms with van der Waals surface area (Å²) in [6.45, 7) is 1.62. The molecular formula is C12H13N3O. The van der Waals surface area contributed by atoms with Gasteiger partial charge in [-0.3, -0.25) is 0 Å². The first kappa shape index (κ1) is 9.54. The predicted molar refractivity (Wildman–Crippen MR) is 62.4 cm³/mol. The monoisotopic (exact) mass is 215 g/mol. The Morgan fingerprint density at radius 2 is 2.25 bits per heavy atom. The van der Waals surface area contributed by atoms with Gasteiger partial charge in [0.2, 0.25) is 0 Å². The maximum atomic E-state index is 5.34. The highest BCUT2D eigenvalue weighted by atomic mass is 16.5. The summed E-state index contributed by atoms with van der Waals surface area (Å²) in [5.74, 6) is 0. The Balaban J connectivity index is 1.96. The lowest BCUT2D eigenvalue weighted by Crippen LogP contribution is -2.19. The third-order valence-electron chi connectivity index (χ3n) is 2.84. The molecule has 1 aliphatic heterocycles. The van der Waals surface area contributed by atoms with Crippen LogP contribution in [0.15, 0.2) is 30.5 Å². The van der Waals surface area contributed by atoms with E-state index in [1.54, 1.807) is 6.20 Å². The van der Waals surface area contributed by atoms with Gasteiger partial charge in [0.25, 0.3) is 0 Å². The van der Waals surface area contributed by atoms with E-state index in [1.807, 2.05) is 18.2 Å². The Labute approximate surface area is 93.6 Å². The van der Waals surface area contributed by atoms with E-state index in [9.17, 15) is 0 Å². The van der Waals surface area contributed by atoms with E-state index in [0.717, 1.165) is 36.2 Å². The van der Waals surface area contributed by atoms with Crippen LogP contribution in [0.1, 0.15) is 6.42 Å². The molecule has 1 saturated heterocycles. The van der Waals surface area contributed by atoms with Gasteiger partial charge in [0.1, 0.15) is 0 Å². The molecule has 0 aliphatic carbocycles. The molecule has 2 aromatic rings. The van der Waals surface area contributed by atoms with Crippen LogP contribution in [-0.4, -0.2) is 29.5 Å². The SMILES string of the molecule is c1ccc2c(NC3CCOC3)cnnc2c1. The van der Waals surface area contributed by atoms with Gasteiger partial charge in [-0.2, -0.15) is 10.2 Å². The average Bonchev–Trinajstić information content (AvgIpc) is 2.82. The van der Waals surface area contributed by atoms with Crippen LogP contribution >= 0.6 is 0 Å². The molecule has 1 unspecified atom stereocenters. The van der Waals surface area contributed by atoms with E-state index < -0.39 is 0 Å². The number of ether oxygens (including phenoxy) is 1. The number of benzene rings is 1. The fraction of sp³-hybridized carbons (Fsp3) is 0.333. The molecule has 0 radical (unpaired) electrons. The molecule has 1 N–H and O–H groups in total. The van der Waals surface area contributed by atoms with Gasteiger partial charge in [-0.05, 0) is 12.5 Å². The van der Waals surface area contributed by atoms with E-state index in [2.05, 4.69) is 21.6 Å². The quantitative estimate of drug-likeness (QED) is 0.830. The fourth-order valence-corrected chi connectivity index (χ4v) is 1.99. The normalized spacial score (nSPS) is 20.1. The number of nitrogens with zero attached hydrogens (tertiary/aromatic N) is 2. The van der Waals surface area contributed by atoms with Crippen LogP contribution in [0.2, 0.25) is 0 Å². The number of anilines is 1. The van der Waals surface area contributed by atoms with Crippen molar-refractivity contribution in [3.05, 3.63) is 30.5 Å². The van der Waals surface area contributed by atoms with E-state index in [4.69, 9.17) is 4.74 Å². The summed E-state index contributed by atoms with van der Waals surface area (Å²) in [6.07, 6.45) is 2.83. The van der Waals surface area contributed by atoms with Gasteiger partial charge in [-0.15, -0.1) is 0 Å². The molecule has 1 fully saturated rings. The minimum absolute atomic E-state index is 0.396. The molecule has 2 heterocycles. The average molecular weight is 215 g/mol. The van der Waals surface area contributed by atoms with Crippen molar-refractivity contribution in [2.24, 2.45) is 0 Å². The summed E-state index contributed by atoms with van der Waals surface area (Å²) in [4.78, 5) is 0. The summed E-state index contributed by atoms with van der Waals surface area (Å²) in [5.41, 5.74) is 1.97. The largest absolute Gasteiger partial charge is 0.379 e.